The molecule has 0 spiro atoms. The quantitative estimate of drug-likeness (QED) is 0.803. The summed E-state index contributed by atoms with van der Waals surface area (Å²) < 4.78 is 5.38. The van der Waals surface area contributed by atoms with Crippen LogP contribution in [0.15, 0.2) is 18.2 Å². The first kappa shape index (κ1) is 11.9. The Kier molecular flexibility index (Phi) is 4.43. The summed E-state index contributed by atoms with van der Waals surface area (Å²) in [5.74, 6) is 0.379. The summed E-state index contributed by atoms with van der Waals surface area (Å²) in [6, 6.07) is 5.62. The lowest BCUT2D eigenvalue weighted by Crippen LogP contribution is -2.13. The molecular weight excluding hydrogens is 214 g/mol. The molecule has 0 aliphatic carbocycles. The monoisotopic (exact) mass is 227 g/mol. The van der Waals surface area contributed by atoms with Crippen LogP contribution in [0.3, 0.4) is 0 Å². The van der Waals surface area contributed by atoms with Crippen LogP contribution < -0.4 is 10.1 Å². The fourth-order valence-electron chi connectivity index (χ4n) is 1.21. The van der Waals surface area contributed by atoms with Crippen molar-refractivity contribution in [3.63, 3.8) is 0 Å². The third-order valence-electron chi connectivity index (χ3n) is 1.83. The van der Waals surface area contributed by atoms with E-state index in [2.05, 4.69) is 5.32 Å². The first-order chi connectivity index (χ1) is 7.17. The van der Waals surface area contributed by atoms with E-state index < -0.39 is 0 Å². The summed E-state index contributed by atoms with van der Waals surface area (Å²) in [6.45, 7) is 4.41. The molecule has 0 heterocycles. The van der Waals surface area contributed by atoms with Crippen molar-refractivity contribution < 1.29 is 9.53 Å². The van der Waals surface area contributed by atoms with E-state index in [0.29, 0.717) is 18.0 Å². The van der Waals surface area contributed by atoms with Crippen molar-refractivity contribution in [2.75, 3.05) is 17.8 Å². The lowest BCUT2D eigenvalue weighted by Gasteiger charge is -2.11. The Morgan fingerprint density at radius 2 is 2.27 bits per heavy atom. The second kappa shape index (κ2) is 5.61. The van der Waals surface area contributed by atoms with Gasteiger partial charge in [0.2, 0.25) is 5.91 Å². The minimum Gasteiger partial charge on any atom is -0.492 e. The molecule has 0 aromatic heterocycles. The number of benzene rings is 1. The number of amides is 1. The summed E-state index contributed by atoms with van der Waals surface area (Å²) in [5.41, 5.74) is 1.73. The fourth-order valence-corrected chi connectivity index (χ4v) is 1.27. The van der Waals surface area contributed by atoms with Crippen LogP contribution >= 0.6 is 11.6 Å². The van der Waals surface area contributed by atoms with Crippen LogP contribution in [-0.4, -0.2) is 18.4 Å². The number of carbonyl (C=O) groups excluding carboxylic acids is 1. The molecule has 1 aromatic carbocycles. The third-order valence-corrected chi connectivity index (χ3v) is 2.07. The minimum atomic E-state index is -0.233. The van der Waals surface area contributed by atoms with Crippen LogP contribution in [0.2, 0.25) is 0 Å². The Morgan fingerprint density at radius 1 is 1.53 bits per heavy atom. The molecule has 0 fully saturated rings. The van der Waals surface area contributed by atoms with Gasteiger partial charge in [-0.3, -0.25) is 4.79 Å². The Balaban J connectivity index is 2.91. The van der Waals surface area contributed by atoms with Crippen LogP contribution in [0.5, 0.6) is 5.75 Å². The molecule has 4 heteroatoms. The number of anilines is 1. The molecule has 0 saturated carbocycles. The maximum atomic E-state index is 11.2. The summed E-state index contributed by atoms with van der Waals surface area (Å²) >= 11 is 5.42. The zero-order valence-electron chi connectivity index (χ0n) is 8.84. The third kappa shape index (κ3) is 3.44. The van der Waals surface area contributed by atoms with Gasteiger partial charge in [0.05, 0.1) is 12.3 Å². The van der Waals surface area contributed by atoms with Crippen molar-refractivity contribution >= 4 is 23.2 Å². The molecule has 1 N–H and O–H groups in total. The summed E-state index contributed by atoms with van der Waals surface area (Å²) in [5, 5.41) is 2.69. The van der Waals surface area contributed by atoms with Crippen LogP contribution in [0, 0.1) is 6.92 Å². The normalized spacial score (nSPS) is 9.80. The van der Waals surface area contributed by atoms with Crippen molar-refractivity contribution in [2.24, 2.45) is 0 Å². The highest BCUT2D eigenvalue weighted by Gasteiger charge is 2.06. The van der Waals surface area contributed by atoms with Gasteiger partial charge < -0.3 is 10.1 Å². The predicted molar refractivity (Wildman–Crippen MR) is 61.7 cm³/mol. The van der Waals surface area contributed by atoms with Gasteiger partial charge in [0.25, 0.3) is 0 Å². The van der Waals surface area contributed by atoms with E-state index in [1.54, 1.807) is 0 Å². The standard InChI is InChI=1S/C11H14ClNO2/c1-3-15-10-5-4-8(2)6-9(10)13-11(14)7-12/h4-6H,3,7H2,1-2H3,(H,13,14). The molecule has 0 aliphatic rings. The van der Waals surface area contributed by atoms with Crippen molar-refractivity contribution in [3.05, 3.63) is 23.8 Å². The summed E-state index contributed by atoms with van der Waals surface area (Å²) in [7, 11) is 0. The topological polar surface area (TPSA) is 38.3 Å². The number of ether oxygens (including phenoxy) is 1. The van der Waals surface area contributed by atoms with E-state index in [4.69, 9.17) is 16.3 Å². The van der Waals surface area contributed by atoms with Crippen LogP contribution in [0.4, 0.5) is 5.69 Å². The number of hydrogen-bond acceptors (Lipinski definition) is 2. The average molecular weight is 228 g/mol. The van der Waals surface area contributed by atoms with E-state index in [0.717, 1.165) is 5.56 Å². The highest BCUT2D eigenvalue weighted by molar-refractivity contribution is 6.29. The van der Waals surface area contributed by atoms with Crippen LogP contribution in [-0.2, 0) is 4.79 Å². The van der Waals surface area contributed by atoms with Gasteiger partial charge >= 0.3 is 0 Å². The maximum Gasteiger partial charge on any atom is 0.239 e. The number of carbonyl (C=O) groups is 1. The molecule has 0 radical (unpaired) electrons. The fraction of sp³-hybridized carbons (Fsp3) is 0.364. The Bertz CT molecular complexity index is 352. The van der Waals surface area contributed by atoms with Gasteiger partial charge in [-0.15, -0.1) is 11.6 Å². The molecular formula is C11H14ClNO2. The molecule has 0 saturated heterocycles. The Labute approximate surface area is 94.4 Å². The highest BCUT2D eigenvalue weighted by Crippen LogP contribution is 2.25. The minimum absolute atomic E-state index is 0.0560. The van der Waals surface area contributed by atoms with Crippen molar-refractivity contribution in [2.45, 2.75) is 13.8 Å². The molecule has 82 valence electrons. The molecule has 0 bridgehead atoms. The average Bonchev–Trinajstić information content (AvgIpc) is 2.22. The molecule has 0 unspecified atom stereocenters. The number of aryl methyl sites for hydroxylation is 1. The molecule has 0 aliphatic heterocycles. The number of nitrogens with one attached hydrogen (secondary N) is 1. The van der Waals surface area contributed by atoms with E-state index in [1.165, 1.54) is 0 Å². The zero-order valence-corrected chi connectivity index (χ0v) is 9.60. The highest BCUT2D eigenvalue weighted by atomic mass is 35.5. The molecule has 1 amide bonds. The number of rotatable bonds is 4. The van der Waals surface area contributed by atoms with Crippen LogP contribution in [0.25, 0.3) is 0 Å². The SMILES string of the molecule is CCOc1ccc(C)cc1NC(=O)CCl. The van der Waals surface area contributed by atoms with Crippen molar-refractivity contribution in [3.8, 4) is 5.75 Å². The van der Waals surface area contributed by atoms with E-state index in [1.807, 2.05) is 32.0 Å². The van der Waals surface area contributed by atoms with E-state index in [-0.39, 0.29) is 11.8 Å². The summed E-state index contributed by atoms with van der Waals surface area (Å²) in [6.07, 6.45) is 0. The van der Waals surface area contributed by atoms with Gasteiger partial charge in [0.1, 0.15) is 11.6 Å². The number of alkyl halides is 1. The molecule has 3 nitrogen and oxygen atoms in total. The second-order valence-corrected chi connectivity index (χ2v) is 3.38. The molecule has 0 atom stereocenters. The second-order valence-electron chi connectivity index (χ2n) is 3.11. The Morgan fingerprint density at radius 3 is 2.87 bits per heavy atom. The Hall–Kier alpha value is -1.22. The lowest BCUT2D eigenvalue weighted by atomic mass is 10.2. The predicted octanol–water partition coefficient (Wildman–Crippen LogP) is 2.57. The largest absolute Gasteiger partial charge is 0.492 e. The van der Waals surface area contributed by atoms with Gasteiger partial charge in [-0.1, -0.05) is 6.07 Å². The first-order valence-corrected chi connectivity index (χ1v) is 5.30. The van der Waals surface area contributed by atoms with Gasteiger partial charge in [0, 0.05) is 0 Å². The van der Waals surface area contributed by atoms with E-state index >= 15 is 0 Å². The summed E-state index contributed by atoms with van der Waals surface area (Å²) in [4.78, 5) is 11.2. The van der Waals surface area contributed by atoms with Gasteiger partial charge in [-0.25, -0.2) is 0 Å². The van der Waals surface area contributed by atoms with Gasteiger partial charge in [-0.05, 0) is 31.5 Å². The lowest BCUT2D eigenvalue weighted by molar-refractivity contribution is -0.113. The number of halogens is 1. The van der Waals surface area contributed by atoms with Crippen LogP contribution in [0.1, 0.15) is 12.5 Å². The number of hydrogen-bond donors (Lipinski definition) is 1. The van der Waals surface area contributed by atoms with E-state index in [9.17, 15) is 4.79 Å². The van der Waals surface area contributed by atoms with Gasteiger partial charge in [0.15, 0.2) is 0 Å². The zero-order chi connectivity index (χ0) is 11.3. The smallest absolute Gasteiger partial charge is 0.239 e. The molecule has 1 aromatic rings. The van der Waals surface area contributed by atoms with Gasteiger partial charge in [-0.2, -0.15) is 0 Å². The molecule has 15 heavy (non-hydrogen) atoms. The first-order valence-electron chi connectivity index (χ1n) is 4.76. The van der Waals surface area contributed by atoms with Crippen molar-refractivity contribution in [1.82, 2.24) is 0 Å². The van der Waals surface area contributed by atoms with Crippen molar-refractivity contribution in [1.29, 1.82) is 0 Å². The maximum absolute atomic E-state index is 11.2. The molecule has 1 rings (SSSR count).